The Morgan fingerprint density at radius 2 is 1.46 bits per heavy atom. The van der Waals surface area contributed by atoms with Gasteiger partial charge in [0, 0.05) is 11.1 Å². The van der Waals surface area contributed by atoms with E-state index in [0.29, 0.717) is 29.0 Å². The van der Waals surface area contributed by atoms with Crippen molar-refractivity contribution in [3.63, 3.8) is 0 Å². The molecule has 0 radical (unpaired) electrons. The van der Waals surface area contributed by atoms with Gasteiger partial charge < -0.3 is 0 Å². The summed E-state index contributed by atoms with van der Waals surface area (Å²) in [7, 11) is 0. The molecule has 3 aromatic rings. The van der Waals surface area contributed by atoms with Crippen LogP contribution in [0, 0.1) is 23.4 Å². The van der Waals surface area contributed by atoms with Gasteiger partial charge in [-0.05, 0) is 92.0 Å². The Hall–Kier alpha value is -2.81. The van der Waals surface area contributed by atoms with Crippen LogP contribution < -0.4 is 0 Å². The van der Waals surface area contributed by atoms with Crippen LogP contribution in [0.5, 0.6) is 0 Å². The molecule has 3 heteroatoms. The molecule has 0 aliphatic heterocycles. The lowest BCUT2D eigenvalue weighted by molar-refractivity contribution is 0.311. The van der Waals surface area contributed by atoms with Crippen LogP contribution in [-0.2, 0) is 6.42 Å². The number of hydrogen-bond acceptors (Lipinski definition) is 0. The topological polar surface area (TPSA) is 0 Å². The Bertz CT molecular complexity index is 1150. The van der Waals surface area contributed by atoms with Crippen LogP contribution in [0.1, 0.15) is 75.8 Å². The van der Waals surface area contributed by atoms with Gasteiger partial charge in [0.2, 0.25) is 0 Å². The van der Waals surface area contributed by atoms with Crippen molar-refractivity contribution in [1.82, 2.24) is 0 Å². The second-order valence-corrected chi connectivity index (χ2v) is 9.83. The van der Waals surface area contributed by atoms with Gasteiger partial charge in [-0.25, -0.2) is 13.2 Å². The minimum Gasteiger partial charge on any atom is -0.206 e. The molecule has 4 rings (SSSR count). The molecule has 0 aromatic heterocycles. The average molecular weight is 477 g/mol. The van der Waals surface area contributed by atoms with Gasteiger partial charge >= 0.3 is 0 Å². The highest BCUT2D eigenvalue weighted by Crippen LogP contribution is 2.39. The predicted octanol–water partition coefficient (Wildman–Crippen LogP) is 10.0. The van der Waals surface area contributed by atoms with Gasteiger partial charge in [-0.1, -0.05) is 74.0 Å². The fourth-order valence-corrected chi connectivity index (χ4v) is 5.41. The number of aryl methyl sites for hydroxylation is 1. The van der Waals surface area contributed by atoms with Crippen molar-refractivity contribution in [2.75, 3.05) is 0 Å². The van der Waals surface area contributed by atoms with Crippen LogP contribution >= 0.6 is 0 Å². The second kappa shape index (κ2) is 11.7. The van der Waals surface area contributed by atoms with E-state index in [-0.39, 0.29) is 11.4 Å². The van der Waals surface area contributed by atoms with Gasteiger partial charge in [-0.3, -0.25) is 0 Å². The van der Waals surface area contributed by atoms with Gasteiger partial charge in [0.15, 0.2) is 11.6 Å². The summed E-state index contributed by atoms with van der Waals surface area (Å²) in [4.78, 5) is 0. The monoisotopic (exact) mass is 476 g/mol. The van der Waals surface area contributed by atoms with E-state index in [1.165, 1.54) is 19.3 Å². The number of halogens is 3. The molecule has 3 aromatic carbocycles. The van der Waals surface area contributed by atoms with Gasteiger partial charge in [0.25, 0.3) is 0 Å². The summed E-state index contributed by atoms with van der Waals surface area (Å²) in [6, 6.07) is 15.9. The van der Waals surface area contributed by atoms with Crippen molar-refractivity contribution in [3.05, 3.63) is 95.3 Å². The molecule has 0 saturated heterocycles. The normalized spacial score (nSPS) is 18.3. The van der Waals surface area contributed by atoms with Crippen molar-refractivity contribution in [3.8, 4) is 22.3 Å². The summed E-state index contributed by atoms with van der Waals surface area (Å²) in [6.45, 7) is 4.00. The fraction of sp³-hybridized carbons (Fsp3) is 0.375. The van der Waals surface area contributed by atoms with Gasteiger partial charge in [0.1, 0.15) is 5.82 Å². The molecule has 0 bridgehead atoms. The Kier molecular flexibility index (Phi) is 8.49. The molecule has 1 fully saturated rings. The summed E-state index contributed by atoms with van der Waals surface area (Å²) in [5.41, 5.74) is 3.55. The summed E-state index contributed by atoms with van der Waals surface area (Å²) < 4.78 is 44.1. The van der Waals surface area contributed by atoms with E-state index < -0.39 is 11.6 Å². The fourth-order valence-electron chi connectivity index (χ4n) is 5.41. The standard InChI is InChI=1S/C32H35F3/c1-3-5-6-8-22-9-11-23(12-10-22)27-18-19-28(30(33)21-27)24-13-15-25(16-14-24)29-20-17-26(7-4-2)31(34)32(29)35/h3,5,13-23H,4,6-12H2,1-2H3/b5-3+. The zero-order valence-electron chi connectivity index (χ0n) is 20.8. The van der Waals surface area contributed by atoms with E-state index >= 15 is 4.39 Å². The molecule has 0 N–H and O–H groups in total. The minimum absolute atomic E-state index is 0.228. The van der Waals surface area contributed by atoms with Crippen molar-refractivity contribution in [2.45, 2.75) is 71.1 Å². The highest BCUT2D eigenvalue weighted by molar-refractivity contribution is 5.71. The lowest BCUT2D eigenvalue weighted by Gasteiger charge is -2.28. The highest BCUT2D eigenvalue weighted by atomic mass is 19.2. The van der Waals surface area contributed by atoms with E-state index in [0.717, 1.165) is 42.7 Å². The molecule has 1 aliphatic carbocycles. The maximum absolute atomic E-state index is 15.1. The van der Waals surface area contributed by atoms with Gasteiger partial charge in [-0.15, -0.1) is 0 Å². The number of rotatable bonds is 8. The second-order valence-electron chi connectivity index (χ2n) is 9.83. The first-order valence-electron chi connectivity index (χ1n) is 13.0. The number of benzene rings is 3. The molecule has 0 nitrogen and oxygen atoms in total. The van der Waals surface area contributed by atoms with Crippen LogP contribution in [-0.4, -0.2) is 0 Å². The van der Waals surface area contributed by atoms with Crippen molar-refractivity contribution in [2.24, 2.45) is 5.92 Å². The molecule has 0 amide bonds. The minimum atomic E-state index is -0.823. The maximum atomic E-state index is 15.1. The Morgan fingerprint density at radius 1 is 0.800 bits per heavy atom. The largest absolute Gasteiger partial charge is 0.206 e. The first-order valence-corrected chi connectivity index (χ1v) is 13.0. The average Bonchev–Trinajstić information content (AvgIpc) is 2.88. The third kappa shape index (κ3) is 5.89. The molecule has 35 heavy (non-hydrogen) atoms. The molecule has 0 spiro atoms. The Balaban J connectivity index is 1.46. The zero-order valence-corrected chi connectivity index (χ0v) is 20.8. The third-order valence-electron chi connectivity index (χ3n) is 7.48. The SMILES string of the molecule is C/C=C/CCC1CCC(c2ccc(-c3ccc(-c4ccc(CCC)c(F)c4F)cc3)c(F)c2)CC1. The van der Waals surface area contributed by atoms with Crippen molar-refractivity contribution < 1.29 is 13.2 Å². The predicted molar refractivity (Wildman–Crippen MR) is 140 cm³/mol. The number of hydrogen-bond donors (Lipinski definition) is 0. The molecule has 1 aliphatic rings. The van der Waals surface area contributed by atoms with Crippen molar-refractivity contribution in [1.29, 1.82) is 0 Å². The van der Waals surface area contributed by atoms with Crippen LogP contribution in [0.3, 0.4) is 0 Å². The zero-order chi connectivity index (χ0) is 24.8. The van der Waals surface area contributed by atoms with E-state index in [1.807, 2.05) is 13.0 Å². The summed E-state index contributed by atoms with van der Waals surface area (Å²) in [5.74, 6) is -0.622. The summed E-state index contributed by atoms with van der Waals surface area (Å²) in [5, 5.41) is 0. The molecule has 0 atom stereocenters. The maximum Gasteiger partial charge on any atom is 0.166 e. The molecule has 0 heterocycles. The Labute approximate surface area is 207 Å². The van der Waals surface area contributed by atoms with E-state index in [2.05, 4.69) is 25.1 Å². The summed E-state index contributed by atoms with van der Waals surface area (Å²) in [6.07, 6.45) is 12.7. The first kappa shape index (κ1) is 25.3. The van der Waals surface area contributed by atoms with Crippen LogP contribution in [0.2, 0.25) is 0 Å². The molecular weight excluding hydrogens is 441 g/mol. The smallest absolute Gasteiger partial charge is 0.166 e. The van der Waals surface area contributed by atoms with Crippen LogP contribution in [0.15, 0.2) is 66.7 Å². The summed E-state index contributed by atoms with van der Waals surface area (Å²) >= 11 is 0. The molecule has 0 unspecified atom stereocenters. The van der Waals surface area contributed by atoms with Gasteiger partial charge in [-0.2, -0.15) is 0 Å². The first-order chi connectivity index (χ1) is 17.0. The molecule has 1 saturated carbocycles. The van der Waals surface area contributed by atoms with E-state index in [9.17, 15) is 8.78 Å². The van der Waals surface area contributed by atoms with Crippen molar-refractivity contribution >= 4 is 0 Å². The van der Waals surface area contributed by atoms with E-state index in [1.54, 1.807) is 42.5 Å². The molecule has 184 valence electrons. The van der Waals surface area contributed by atoms with E-state index in [4.69, 9.17) is 0 Å². The lowest BCUT2D eigenvalue weighted by atomic mass is 9.77. The van der Waals surface area contributed by atoms with Gasteiger partial charge in [0.05, 0.1) is 0 Å². The highest BCUT2D eigenvalue weighted by Gasteiger charge is 2.23. The number of allylic oxidation sites excluding steroid dienone is 2. The van der Waals surface area contributed by atoms with Crippen LogP contribution in [0.4, 0.5) is 13.2 Å². The quantitative estimate of drug-likeness (QED) is 0.284. The Morgan fingerprint density at radius 3 is 2.09 bits per heavy atom. The molecular formula is C32H35F3. The third-order valence-corrected chi connectivity index (χ3v) is 7.48. The van der Waals surface area contributed by atoms with Crippen LogP contribution in [0.25, 0.3) is 22.3 Å². The lowest BCUT2D eigenvalue weighted by Crippen LogP contribution is -2.13.